The molecule has 0 fully saturated rings. The third-order valence-electron chi connectivity index (χ3n) is 3.25. The molecule has 4 nitrogen and oxygen atoms in total. The van der Waals surface area contributed by atoms with Crippen molar-refractivity contribution >= 4 is 28.1 Å². The first-order valence-corrected chi connectivity index (χ1v) is 6.15. The van der Waals surface area contributed by atoms with Gasteiger partial charge in [0, 0.05) is 16.5 Å². The highest BCUT2D eigenvalue weighted by Gasteiger charge is 2.19. The van der Waals surface area contributed by atoms with Gasteiger partial charge in [0.15, 0.2) is 17.3 Å². The molecular weight excluding hydrogens is 256 g/mol. The molecule has 0 radical (unpaired) electrons. The van der Waals surface area contributed by atoms with Gasteiger partial charge in [0.05, 0.1) is 5.56 Å². The van der Waals surface area contributed by atoms with E-state index in [-0.39, 0.29) is 34.2 Å². The predicted molar refractivity (Wildman–Crippen MR) is 75.6 cm³/mol. The summed E-state index contributed by atoms with van der Waals surface area (Å²) in [7, 11) is 0. The van der Waals surface area contributed by atoms with Gasteiger partial charge < -0.3 is 5.11 Å². The number of benzene rings is 2. The number of hydrogen-bond acceptors (Lipinski definition) is 4. The van der Waals surface area contributed by atoms with Crippen LogP contribution >= 0.6 is 0 Å². The van der Waals surface area contributed by atoms with Gasteiger partial charge in [-0.3, -0.25) is 14.4 Å². The molecule has 0 saturated heterocycles. The highest BCUT2D eigenvalue weighted by molar-refractivity contribution is 6.14. The van der Waals surface area contributed by atoms with Crippen molar-refractivity contribution in [3.05, 3.63) is 41.0 Å². The molecule has 20 heavy (non-hydrogen) atoms. The maximum Gasteiger partial charge on any atom is 0.164 e. The molecule has 0 spiro atoms. The van der Waals surface area contributed by atoms with Crippen LogP contribution in [0.3, 0.4) is 0 Å². The average Bonchev–Trinajstić information content (AvgIpc) is 2.37. The lowest BCUT2D eigenvalue weighted by Gasteiger charge is -2.11. The zero-order valence-corrected chi connectivity index (χ0v) is 11.5. The number of Topliss-reactive ketones (excluding diaryl/α,β-unsaturated/α-hetero) is 3. The number of carbonyl (C=O) groups is 3. The van der Waals surface area contributed by atoms with Gasteiger partial charge in [-0.25, -0.2) is 0 Å². The van der Waals surface area contributed by atoms with Crippen LogP contribution in [0.25, 0.3) is 10.8 Å². The zero-order valence-electron chi connectivity index (χ0n) is 11.5. The van der Waals surface area contributed by atoms with E-state index in [1.54, 1.807) is 24.3 Å². The Kier molecular flexibility index (Phi) is 3.40. The van der Waals surface area contributed by atoms with E-state index in [9.17, 15) is 19.5 Å². The van der Waals surface area contributed by atoms with E-state index in [0.717, 1.165) is 0 Å². The summed E-state index contributed by atoms with van der Waals surface area (Å²) >= 11 is 0. The van der Waals surface area contributed by atoms with Crippen LogP contribution in [0.2, 0.25) is 0 Å². The van der Waals surface area contributed by atoms with Crippen molar-refractivity contribution in [3.63, 3.8) is 0 Å². The molecule has 1 N–H and O–H groups in total. The molecule has 2 rings (SSSR count). The van der Waals surface area contributed by atoms with Gasteiger partial charge in [0.2, 0.25) is 0 Å². The van der Waals surface area contributed by atoms with Gasteiger partial charge in [-0.1, -0.05) is 6.07 Å². The summed E-state index contributed by atoms with van der Waals surface area (Å²) in [6.07, 6.45) is 0. The van der Waals surface area contributed by atoms with Crippen LogP contribution < -0.4 is 0 Å². The van der Waals surface area contributed by atoms with Crippen molar-refractivity contribution in [3.8, 4) is 5.75 Å². The Bertz CT molecular complexity index is 757. The molecule has 0 aromatic heterocycles. The van der Waals surface area contributed by atoms with Crippen LogP contribution in [-0.2, 0) is 0 Å². The summed E-state index contributed by atoms with van der Waals surface area (Å²) in [4.78, 5) is 34.7. The summed E-state index contributed by atoms with van der Waals surface area (Å²) in [6, 6.07) is 6.31. The van der Waals surface area contributed by atoms with Crippen LogP contribution in [0.1, 0.15) is 51.8 Å². The molecule has 0 atom stereocenters. The molecule has 0 amide bonds. The molecule has 0 aliphatic rings. The second-order valence-electron chi connectivity index (χ2n) is 4.75. The lowest BCUT2D eigenvalue weighted by atomic mass is 9.93. The molecule has 2 aromatic carbocycles. The summed E-state index contributed by atoms with van der Waals surface area (Å²) in [5.74, 6) is -0.993. The largest absolute Gasteiger partial charge is 0.507 e. The average molecular weight is 270 g/mol. The molecule has 0 bridgehead atoms. The van der Waals surface area contributed by atoms with E-state index in [1.807, 2.05) is 0 Å². The number of hydrogen-bond donors (Lipinski definition) is 1. The highest BCUT2D eigenvalue weighted by atomic mass is 16.3. The molecule has 0 aliphatic carbocycles. The van der Waals surface area contributed by atoms with Crippen molar-refractivity contribution in [2.45, 2.75) is 20.8 Å². The van der Waals surface area contributed by atoms with Crippen molar-refractivity contribution < 1.29 is 19.5 Å². The summed E-state index contributed by atoms with van der Waals surface area (Å²) in [5.41, 5.74) is 0.686. The van der Waals surface area contributed by atoms with E-state index in [1.165, 1.54) is 20.8 Å². The Morgan fingerprint density at radius 3 is 2.05 bits per heavy atom. The van der Waals surface area contributed by atoms with Gasteiger partial charge in [0.1, 0.15) is 5.75 Å². The van der Waals surface area contributed by atoms with Gasteiger partial charge in [0.25, 0.3) is 0 Å². The Labute approximate surface area is 116 Å². The smallest absolute Gasteiger partial charge is 0.164 e. The molecule has 0 unspecified atom stereocenters. The second-order valence-corrected chi connectivity index (χ2v) is 4.75. The zero-order chi connectivity index (χ0) is 15.0. The third-order valence-corrected chi connectivity index (χ3v) is 3.25. The van der Waals surface area contributed by atoms with Gasteiger partial charge in [-0.05, 0) is 44.4 Å². The quantitative estimate of drug-likeness (QED) is 0.869. The molecule has 102 valence electrons. The minimum absolute atomic E-state index is 0.0283. The molecule has 0 saturated carbocycles. The number of rotatable bonds is 3. The normalized spacial score (nSPS) is 10.6. The third kappa shape index (κ3) is 2.20. The van der Waals surface area contributed by atoms with Gasteiger partial charge in [-0.15, -0.1) is 0 Å². The van der Waals surface area contributed by atoms with Crippen molar-refractivity contribution in [2.75, 3.05) is 0 Å². The van der Waals surface area contributed by atoms with E-state index >= 15 is 0 Å². The van der Waals surface area contributed by atoms with Crippen molar-refractivity contribution in [1.29, 1.82) is 0 Å². The monoisotopic (exact) mass is 270 g/mol. The van der Waals surface area contributed by atoms with Crippen LogP contribution in [0.15, 0.2) is 24.3 Å². The first-order chi connectivity index (χ1) is 9.32. The topological polar surface area (TPSA) is 71.4 Å². The standard InChI is InChI=1S/C16H14O4/c1-8(17)11-4-5-13-12(6-11)7-14(9(2)18)15(10(3)19)16(13)20/h4-7,20H,1-3H3. The Hall–Kier alpha value is -2.49. The Morgan fingerprint density at radius 1 is 0.900 bits per heavy atom. The fraction of sp³-hybridized carbons (Fsp3) is 0.188. The number of carbonyl (C=O) groups excluding carboxylic acids is 3. The van der Waals surface area contributed by atoms with E-state index in [0.29, 0.717) is 16.3 Å². The lowest BCUT2D eigenvalue weighted by Crippen LogP contribution is -2.05. The minimum atomic E-state index is -0.370. The maximum atomic E-state index is 11.7. The number of aromatic hydroxyl groups is 1. The molecule has 0 heterocycles. The van der Waals surface area contributed by atoms with Crippen molar-refractivity contribution in [1.82, 2.24) is 0 Å². The maximum absolute atomic E-state index is 11.7. The molecule has 2 aromatic rings. The number of ketones is 3. The van der Waals surface area contributed by atoms with E-state index in [2.05, 4.69) is 0 Å². The van der Waals surface area contributed by atoms with Crippen LogP contribution in [0.4, 0.5) is 0 Å². The summed E-state index contributed by atoms with van der Waals surface area (Å²) in [5, 5.41) is 11.2. The van der Waals surface area contributed by atoms with Crippen LogP contribution in [-0.4, -0.2) is 22.5 Å². The second kappa shape index (κ2) is 4.89. The van der Waals surface area contributed by atoms with Gasteiger partial charge in [-0.2, -0.15) is 0 Å². The SMILES string of the molecule is CC(=O)c1ccc2c(O)c(C(C)=O)c(C(C)=O)cc2c1. The van der Waals surface area contributed by atoms with Gasteiger partial charge >= 0.3 is 0 Å². The number of fused-ring (bicyclic) bond motifs is 1. The number of phenolic OH excluding ortho intramolecular Hbond substituents is 1. The number of phenols is 1. The molecule has 0 aliphatic heterocycles. The minimum Gasteiger partial charge on any atom is -0.507 e. The first kappa shape index (κ1) is 13.9. The fourth-order valence-corrected chi connectivity index (χ4v) is 2.24. The molecule has 4 heteroatoms. The summed E-state index contributed by atoms with van der Waals surface area (Å²) in [6.45, 7) is 4.08. The fourth-order valence-electron chi connectivity index (χ4n) is 2.24. The predicted octanol–water partition coefficient (Wildman–Crippen LogP) is 3.15. The van der Waals surface area contributed by atoms with Crippen molar-refractivity contribution in [2.24, 2.45) is 0 Å². The van der Waals surface area contributed by atoms with E-state index in [4.69, 9.17) is 0 Å². The highest BCUT2D eigenvalue weighted by Crippen LogP contribution is 2.33. The van der Waals surface area contributed by atoms with Crippen LogP contribution in [0.5, 0.6) is 5.75 Å². The molecular formula is C16H14O4. The Balaban J connectivity index is 2.89. The van der Waals surface area contributed by atoms with E-state index < -0.39 is 0 Å². The Morgan fingerprint density at radius 2 is 1.55 bits per heavy atom. The summed E-state index contributed by atoms with van der Waals surface area (Å²) < 4.78 is 0. The van der Waals surface area contributed by atoms with Crippen LogP contribution in [0, 0.1) is 0 Å². The first-order valence-electron chi connectivity index (χ1n) is 6.15. The lowest BCUT2D eigenvalue weighted by molar-refractivity contribution is 0.0978.